The number of hydrogen-bond donors (Lipinski definition) is 1. The Morgan fingerprint density at radius 3 is 2.72 bits per heavy atom. The number of aromatic nitrogens is 2. The first-order valence-electron chi connectivity index (χ1n) is 9.98. The topological polar surface area (TPSA) is 50.4 Å². The summed E-state index contributed by atoms with van der Waals surface area (Å²) in [6.07, 6.45) is 1.85. The fourth-order valence-corrected chi connectivity index (χ4v) is 3.79. The number of rotatable bonds is 8. The van der Waals surface area contributed by atoms with E-state index in [-0.39, 0.29) is 5.82 Å². The van der Waals surface area contributed by atoms with Gasteiger partial charge in [-0.2, -0.15) is 5.10 Å². The van der Waals surface area contributed by atoms with Crippen molar-refractivity contribution < 1.29 is 13.9 Å². The zero-order chi connectivity index (χ0) is 20.1. The molecule has 4 rings (SSSR count). The molecule has 1 aliphatic rings. The van der Waals surface area contributed by atoms with Crippen LogP contribution in [0.25, 0.3) is 0 Å². The van der Waals surface area contributed by atoms with Crippen LogP contribution in [0, 0.1) is 5.82 Å². The van der Waals surface area contributed by atoms with Crippen LogP contribution in [0.1, 0.15) is 29.3 Å². The molecule has 152 valence electrons. The van der Waals surface area contributed by atoms with Crippen molar-refractivity contribution >= 4 is 0 Å². The first kappa shape index (κ1) is 19.5. The second kappa shape index (κ2) is 9.09. The summed E-state index contributed by atoms with van der Waals surface area (Å²) < 4.78 is 24.2. The molecular weight excluding hydrogens is 369 g/mol. The van der Waals surface area contributed by atoms with Crippen LogP contribution in [-0.2, 0) is 13.0 Å². The maximum atomic E-state index is 13.1. The van der Waals surface area contributed by atoms with Gasteiger partial charge in [-0.05, 0) is 48.9 Å². The highest BCUT2D eigenvalue weighted by Crippen LogP contribution is 2.28. The van der Waals surface area contributed by atoms with E-state index in [1.54, 1.807) is 7.11 Å². The fourth-order valence-electron chi connectivity index (χ4n) is 3.79. The Hall–Kier alpha value is -2.86. The van der Waals surface area contributed by atoms with Crippen molar-refractivity contribution in [3.05, 3.63) is 77.4 Å². The van der Waals surface area contributed by atoms with Crippen molar-refractivity contribution in [1.29, 1.82) is 0 Å². The van der Waals surface area contributed by atoms with E-state index in [0.29, 0.717) is 12.5 Å². The van der Waals surface area contributed by atoms with E-state index >= 15 is 0 Å². The van der Waals surface area contributed by atoms with Gasteiger partial charge in [-0.3, -0.25) is 10.00 Å². The highest BCUT2D eigenvalue weighted by Gasteiger charge is 2.25. The number of nitrogens with zero attached hydrogens (tertiary/aromatic N) is 2. The van der Waals surface area contributed by atoms with Crippen LogP contribution in [0.5, 0.6) is 11.5 Å². The molecule has 1 fully saturated rings. The number of likely N-dealkylation sites (tertiary alicyclic amines) is 1. The van der Waals surface area contributed by atoms with Gasteiger partial charge in [-0.25, -0.2) is 4.39 Å². The first-order valence-corrected chi connectivity index (χ1v) is 9.98. The van der Waals surface area contributed by atoms with E-state index in [2.05, 4.69) is 21.2 Å². The van der Waals surface area contributed by atoms with E-state index in [9.17, 15) is 4.39 Å². The number of para-hydroxylation sites is 2. The van der Waals surface area contributed by atoms with Gasteiger partial charge in [-0.15, -0.1) is 0 Å². The van der Waals surface area contributed by atoms with E-state index in [1.807, 2.05) is 36.4 Å². The average molecular weight is 395 g/mol. The molecule has 1 atom stereocenters. The Balaban J connectivity index is 1.27. The van der Waals surface area contributed by atoms with Gasteiger partial charge in [0.05, 0.1) is 19.4 Å². The SMILES string of the molecule is COc1ccccc1OCCc1cc([C@@H]2CCN(Cc3ccc(F)cc3)C2)n[nH]1. The number of nitrogens with one attached hydrogen (secondary N) is 1. The average Bonchev–Trinajstić information content (AvgIpc) is 3.40. The summed E-state index contributed by atoms with van der Waals surface area (Å²) in [5.41, 5.74) is 3.33. The minimum Gasteiger partial charge on any atom is -0.493 e. The third-order valence-electron chi connectivity index (χ3n) is 5.36. The van der Waals surface area contributed by atoms with E-state index in [4.69, 9.17) is 9.47 Å². The molecule has 29 heavy (non-hydrogen) atoms. The van der Waals surface area contributed by atoms with Gasteiger partial charge >= 0.3 is 0 Å². The van der Waals surface area contributed by atoms with Gasteiger partial charge in [0.1, 0.15) is 5.82 Å². The lowest BCUT2D eigenvalue weighted by Gasteiger charge is -2.15. The molecule has 1 aliphatic heterocycles. The van der Waals surface area contributed by atoms with Gasteiger partial charge in [-0.1, -0.05) is 24.3 Å². The second-order valence-corrected chi connectivity index (χ2v) is 7.41. The number of H-pyrrole nitrogens is 1. The highest BCUT2D eigenvalue weighted by molar-refractivity contribution is 5.39. The summed E-state index contributed by atoms with van der Waals surface area (Å²) in [5.74, 6) is 1.73. The van der Waals surface area contributed by atoms with Gasteiger partial charge in [0, 0.05) is 31.1 Å². The van der Waals surface area contributed by atoms with Gasteiger partial charge < -0.3 is 9.47 Å². The van der Waals surface area contributed by atoms with Crippen LogP contribution >= 0.6 is 0 Å². The normalized spacial score (nSPS) is 16.8. The van der Waals surface area contributed by atoms with Crippen LogP contribution in [-0.4, -0.2) is 41.9 Å². The standard InChI is InChI=1S/C23H26FN3O2/c1-28-22-4-2-3-5-23(22)29-13-11-20-14-21(26-25-20)18-10-12-27(16-18)15-17-6-8-19(24)9-7-17/h2-9,14,18H,10-13,15-16H2,1H3,(H,25,26)/t18-/m1/s1. The molecule has 2 aromatic carbocycles. The van der Waals surface area contributed by atoms with Crippen LogP contribution < -0.4 is 9.47 Å². The summed E-state index contributed by atoms with van der Waals surface area (Å²) in [4.78, 5) is 2.40. The molecule has 1 N–H and O–H groups in total. The molecule has 5 nitrogen and oxygen atoms in total. The summed E-state index contributed by atoms with van der Waals surface area (Å²) >= 11 is 0. The van der Waals surface area contributed by atoms with E-state index in [0.717, 1.165) is 60.9 Å². The van der Waals surface area contributed by atoms with Crippen molar-refractivity contribution in [2.24, 2.45) is 0 Å². The largest absolute Gasteiger partial charge is 0.493 e. The molecule has 1 saturated heterocycles. The molecule has 0 amide bonds. The Labute approximate surface area is 170 Å². The monoisotopic (exact) mass is 395 g/mol. The molecule has 0 bridgehead atoms. The number of aromatic amines is 1. The smallest absolute Gasteiger partial charge is 0.161 e. The molecule has 6 heteroatoms. The van der Waals surface area contributed by atoms with Crippen LogP contribution in [0.15, 0.2) is 54.6 Å². The van der Waals surface area contributed by atoms with Crippen molar-refractivity contribution in [2.45, 2.75) is 25.3 Å². The lowest BCUT2D eigenvalue weighted by Crippen LogP contribution is -2.19. The van der Waals surface area contributed by atoms with Gasteiger partial charge in [0.2, 0.25) is 0 Å². The molecular formula is C23H26FN3O2. The Bertz CT molecular complexity index is 926. The van der Waals surface area contributed by atoms with Gasteiger partial charge in [0.25, 0.3) is 0 Å². The van der Waals surface area contributed by atoms with Crippen LogP contribution in [0.3, 0.4) is 0 Å². The molecule has 0 unspecified atom stereocenters. The van der Waals surface area contributed by atoms with E-state index in [1.165, 1.54) is 12.1 Å². The first-order chi connectivity index (χ1) is 14.2. The van der Waals surface area contributed by atoms with E-state index < -0.39 is 0 Å². The lowest BCUT2D eigenvalue weighted by atomic mass is 10.0. The molecule has 0 aliphatic carbocycles. The number of methoxy groups -OCH3 is 1. The fraction of sp³-hybridized carbons (Fsp3) is 0.348. The second-order valence-electron chi connectivity index (χ2n) is 7.41. The maximum Gasteiger partial charge on any atom is 0.161 e. The molecule has 0 spiro atoms. The Morgan fingerprint density at radius 1 is 1.14 bits per heavy atom. The Morgan fingerprint density at radius 2 is 1.93 bits per heavy atom. The molecule has 0 saturated carbocycles. The van der Waals surface area contributed by atoms with Crippen molar-refractivity contribution in [1.82, 2.24) is 15.1 Å². The summed E-state index contributed by atoms with van der Waals surface area (Å²) in [7, 11) is 1.64. The van der Waals surface area contributed by atoms with Crippen molar-refractivity contribution in [3.63, 3.8) is 0 Å². The molecule has 0 radical (unpaired) electrons. The zero-order valence-corrected chi connectivity index (χ0v) is 16.6. The van der Waals surface area contributed by atoms with Crippen LogP contribution in [0.2, 0.25) is 0 Å². The summed E-state index contributed by atoms with van der Waals surface area (Å²) in [5, 5.41) is 7.68. The maximum absolute atomic E-state index is 13.1. The number of ether oxygens (including phenoxy) is 2. The number of hydrogen-bond acceptors (Lipinski definition) is 4. The van der Waals surface area contributed by atoms with Crippen molar-refractivity contribution in [2.75, 3.05) is 26.8 Å². The van der Waals surface area contributed by atoms with Gasteiger partial charge in [0.15, 0.2) is 11.5 Å². The number of halogens is 1. The quantitative estimate of drug-likeness (QED) is 0.622. The highest BCUT2D eigenvalue weighted by atomic mass is 19.1. The zero-order valence-electron chi connectivity index (χ0n) is 16.6. The summed E-state index contributed by atoms with van der Waals surface area (Å²) in [6, 6.07) is 16.6. The minimum atomic E-state index is -0.188. The third-order valence-corrected chi connectivity index (χ3v) is 5.36. The lowest BCUT2D eigenvalue weighted by molar-refractivity contribution is 0.296. The Kier molecular flexibility index (Phi) is 6.10. The third kappa shape index (κ3) is 4.95. The molecule has 2 heterocycles. The predicted octanol–water partition coefficient (Wildman–Crippen LogP) is 4.17. The summed E-state index contributed by atoms with van der Waals surface area (Å²) in [6.45, 7) is 3.41. The number of benzene rings is 2. The molecule has 3 aromatic rings. The minimum absolute atomic E-state index is 0.188. The van der Waals surface area contributed by atoms with Crippen LogP contribution in [0.4, 0.5) is 4.39 Å². The van der Waals surface area contributed by atoms with Crippen molar-refractivity contribution in [3.8, 4) is 11.5 Å². The predicted molar refractivity (Wildman–Crippen MR) is 110 cm³/mol. The molecule has 1 aromatic heterocycles.